The third kappa shape index (κ3) is 3.52. The summed E-state index contributed by atoms with van der Waals surface area (Å²) in [6.07, 6.45) is 2.58. The summed E-state index contributed by atoms with van der Waals surface area (Å²) in [5, 5.41) is 0. The van der Waals surface area contributed by atoms with Crippen molar-refractivity contribution in [2.75, 3.05) is 6.26 Å². The van der Waals surface area contributed by atoms with Crippen LogP contribution in [0.5, 0.6) is 0 Å². The quantitative estimate of drug-likeness (QED) is 0.723. The van der Waals surface area contributed by atoms with E-state index >= 15 is 0 Å². The van der Waals surface area contributed by atoms with Gasteiger partial charge in [-0.05, 0) is 17.7 Å². The van der Waals surface area contributed by atoms with E-state index in [0.717, 1.165) is 32.0 Å². The number of amides is 1. The molecule has 0 aliphatic heterocycles. The molecule has 5 nitrogen and oxygen atoms in total. The van der Waals surface area contributed by atoms with Crippen molar-refractivity contribution in [3.63, 3.8) is 0 Å². The molecule has 2 aromatic carbocycles. The van der Waals surface area contributed by atoms with Crippen LogP contribution >= 0.6 is 11.3 Å². The maximum atomic E-state index is 12.3. The molecule has 3 rings (SSSR count). The van der Waals surface area contributed by atoms with Crippen LogP contribution < -0.4 is 4.80 Å². The van der Waals surface area contributed by atoms with E-state index in [-0.39, 0.29) is 4.80 Å². The Morgan fingerprint density at radius 1 is 1.00 bits per heavy atom. The van der Waals surface area contributed by atoms with Crippen LogP contribution in [0.2, 0.25) is 0 Å². The average Bonchev–Trinajstić information content (AvgIpc) is 3.00. The highest BCUT2D eigenvalue weighted by Gasteiger charge is 2.14. The number of carbonyl (C=O) groups excluding carboxylic acids is 1. The molecule has 0 radical (unpaired) electrons. The van der Waals surface area contributed by atoms with Crippen molar-refractivity contribution in [3.8, 4) is 10.4 Å². The highest BCUT2D eigenvalue weighted by Crippen LogP contribution is 2.22. The van der Waals surface area contributed by atoms with E-state index in [4.69, 9.17) is 0 Å². The fourth-order valence-electron chi connectivity index (χ4n) is 2.11. The van der Waals surface area contributed by atoms with Crippen LogP contribution in [0.4, 0.5) is 0 Å². The summed E-state index contributed by atoms with van der Waals surface area (Å²) >= 11 is 1.16. The van der Waals surface area contributed by atoms with Gasteiger partial charge in [-0.15, -0.1) is 0 Å². The highest BCUT2D eigenvalue weighted by atomic mass is 32.2. The number of nitrogens with zero attached hydrogens (tertiary/aromatic N) is 2. The Labute approximate surface area is 143 Å². The van der Waals surface area contributed by atoms with Gasteiger partial charge in [-0.2, -0.15) is 4.99 Å². The molecular formula is C17H14N2O3S2. The maximum absolute atomic E-state index is 12.3. The lowest BCUT2D eigenvalue weighted by Gasteiger charge is -1.98. The van der Waals surface area contributed by atoms with Gasteiger partial charge in [-0.3, -0.25) is 4.79 Å². The first-order valence-electron chi connectivity index (χ1n) is 7.08. The molecule has 0 aliphatic carbocycles. The van der Waals surface area contributed by atoms with Crippen molar-refractivity contribution in [2.45, 2.75) is 0 Å². The first-order valence-corrected chi connectivity index (χ1v) is 9.74. The summed E-state index contributed by atoms with van der Waals surface area (Å²) in [7, 11) is -3.57. The molecule has 7 heteroatoms. The Morgan fingerprint density at radius 3 is 2.17 bits per heavy atom. The normalized spacial score (nSPS) is 12.3. The summed E-state index contributed by atoms with van der Waals surface area (Å²) in [6.45, 7) is 0. The number of thiazole rings is 1. The van der Waals surface area contributed by atoms with Gasteiger partial charge in [0.25, 0.3) is 5.91 Å². The van der Waals surface area contributed by atoms with Gasteiger partial charge in [-0.1, -0.05) is 59.9 Å². The van der Waals surface area contributed by atoms with Crippen molar-refractivity contribution in [1.82, 2.24) is 3.97 Å². The van der Waals surface area contributed by atoms with Crippen LogP contribution in [0.1, 0.15) is 10.4 Å². The van der Waals surface area contributed by atoms with E-state index in [9.17, 15) is 13.2 Å². The summed E-state index contributed by atoms with van der Waals surface area (Å²) in [6, 6.07) is 17.9. The Hall–Kier alpha value is -2.51. The van der Waals surface area contributed by atoms with Crippen LogP contribution in [-0.4, -0.2) is 24.6 Å². The minimum absolute atomic E-state index is 0.130. The second-order valence-corrected chi connectivity index (χ2v) is 7.95. The third-order valence-electron chi connectivity index (χ3n) is 3.26. The fourth-order valence-corrected chi connectivity index (χ4v) is 4.20. The number of rotatable bonds is 3. The van der Waals surface area contributed by atoms with Crippen LogP contribution in [-0.2, 0) is 10.0 Å². The second kappa shape index (κ2) is 6.54. The molecule has 1 heterocycles. The first kappa shape index (κ1) is 16.4. The van der Waals surface area contributed by atoms with Gasteiger partial charge in [-0.25, -0.2) is 12.4 Å². The van der Waals surface area contributed by atoms with Crippen LogP contribution in [0, 0.1) is 0 Å². The summed E-state index contributed by atoms with van der Waals surface area (Å²) < 4.78 is 25.1. The third-order valence-corrected chi connectivity index (χ3v) is 5.40. The number of hydrogen-bond acceptors (Lipinski definition) is 4. The Balaban J connectivity index is 2.15. The maximum Gasteiger partial charge on any atom is 0.279 e. The Kier molecular flexibility index (Phi) is 4.46. The van der Waals surface area contributed by atoms with Crippen LogP contribution in [0.15, 0.2) is 71.9 Å². The SMILES string of the molecule is CS(=O)(=O)n1cc(-c2ccccc2)sc1=NC(=O)c1ccccc1. The number of hydrogen-bond donors (Lipinski definition) is 0. The zero-order valence-corrected chi connectivity index (χ0v) is 14.4. The minimum atomic E-state index is -3.57. The van der Waals surface area contributed by atoms with Gasteiger partial charge >= 0.3 is 0 Å². The summed E-state index contributed by atoms with van der Waals surface area (Å²) in [5.41, 5.74) is 1.28. The van der Waals surface area contributed by atoms with Gasteiger partial charge in [0.1, 0.15) is 0 Å². The minimum Gasteiger partial charge on any atom is -0.267 e. The monoisotopic (exact) mass is 358 g/mol. The molecule has 0 saturated heterocycles. The lowest BCUT2D eigenvalue weighted by atomic mass is 10.2. The average molecular weight is 358 g/mol. The van der Waals surface area contributed by atoms with Crippen molar-refractivity contribution in [1.29, 1.82) is 0 Å². The second-order valence-electron chi connectivity index (χ2n) is 5.09. The van der Waals surface area contributed by atoms with E-state index in [1.165, 1.54) is 6.20 Å². The van der Waals surface area contributed by atoms with Crippen molar-refractivity contribution < 1.29 is 13.2 Å². The van der Waals surface area contributed by atoms with Gasteiger partial charge < -0.3 is 0 Å². The van der Waals surface area contributed by atoms with E-state index in [2.05, 4.69) is 4.99 Å². The first-order chi connectivity index (χ1) is 11.4. The van der Waals surface area contributed by atoms with Crippen molar-refractivity contribution in [3.05, 3.63) is 77.2 Å². The number of aromatic nitrogens is 1. The molecular weight excluding hydrogens is 344 g/mol. The van der Waals surface area contributed by atoms with E-state index in [0.29, 0.717) is 5.56 Å². The number of benzene rings is 2. The molecule has 0 spiro atoms. The smallest absolute Gasteiger partial charge is 0.267 e. The molecule has 0 bridgehead atoms. The van der Waals surface area contributed by atoms with Crippen molar-refractivity contribution >= 4 is 27.3 Å². The summed E-state index contributed by atoms with van der Waals surface area (Å²) in [4.78, 5) is 17.1. The van der Waals surface area contributed by atoms with E-state index < -0.39 is 15.9 Å². The van der Waals surface area contributed by atoms with E-state index in [1.54, 1.807) is 30.3 Å². The fraction of sp³-hybridized carbons (Fsp3) is 0.0588. The van der Waals surface area contributed by atoms with Gasteiger partial charge in [0.05, 0.1) is 11.1 Å². The molecule has 1 amide bonds. The van der Waals surface area contributed by atoms with Crippen molar-refractivity contribution in [2.24, 2.45) is 4.99 Å². The highest BCUT2D eigenvalue weighted by molar-refractivity contribution is 7.89. The predicted octanol–water partition coefficient (Wildman–Crippen LogP) is 2.77. The molecule has 0 fully saturated rings. The predicted molar refractivity (Wildman–Crippen MR) is 94.3 cm³/mol. The van der Waals surface area contributed by atoms with Crippen LogP contribution in [0.3, 0.4) is 0 Å². The lowest BCUT2D eigenvalue weighted by Crippen LogP contribution is -2.22. The molecule has 0 saturated carbocycles. The largest absolute Gasteiger partial charge is 0.279 e. The van der Waals surface area contributed by atoms with Crippen LogP contribution in [0.25, 0.3) is 10.4 Å². The topological polar surface area (TPSA) is 68.5 Å². The molecule has 3 aromatic rings. The van der Waals surface area contributed by atoms with Gasteiger partial charge in [0, 0.05) is 11.8 Å². The Bertz CT molecular complexity index is 1030. The van der Waals surface area contributed by atoms with Gasteiger partial charge in [0.15, 0.2) is 0 Å². The Morgan fingerprint density at radius 2 is 1.58 bits per heavy atom. The summed E-state index contributed by atoms with van der Waals surface area (Å²) in [5.74, 6) is -0.477. The molecule has 122 valence electrons. The zero-order chi connectivity index (χ0) is 17.2. The van der Waals surface area contributed by atoms with Gasteiger partial charge in [0.2, 0.25) is 14.8 Å². The molecule has 0 unspecified atom stereocenters. The molecule has 0 aliphatic rings. The molecule has 24 heavy (non-hydrogen) atoms. The zero-order valence-electron chi connectivity index (χ0n) is 12.8. The standard InChI is InChI=1S/C17H14N2O3S2/c1-24(21,22)19-12-15(13-8-4-2-5-9-13)23-17(19)18-16(20)14-10-6-3-7-11-14/h2-12H,1H3. The molecule has 0 atom stereocenters. The van der Waals surface area contributed by atoms with E-state index in [1.807, 2.05) is 30.3 Å². The molecule has 0 N–H and O–H groups in total. The molecule has 1 aromatic heterocycles. The lowest BCUT2D eigenvalue weighted by molar-refractivity contribution is 0.0998. The number of carbonyl (C=O) groups is 1.